The lowest BCUT2D eigenvalue weighted by molar-refractivity contribution is 0.0342. The monoisotopic (exact) mass is 360 g/mol. The van der Waals surface area contributed by atoms with Crippen molar-refractivity contribution in [1.29, 1.82) is 0 Å². The van der Waals surface area contributed by atoms with Crippen molar-refractivity contribution in [3.63, 3.8) is 0 Å². The van der Waals surface area contributed by atoms with E-state index in [1.54, 1.807) is 0 Å². The number of morpholine rings is 1. The van der Waals surface area contributed by atoms with E-state index < -0.39 is 0 Å². The molecule has 3 aromatic carbocycles. The fourth-order valence-electron chi connectivity index (χ4n) is 3.39. The number of carbonyl (C=O) groups excluding carboxylic acids is 1. The van der Waals surface area contributed by atoms with Crippen molar-refractivity contribution in [2.75, 3.05) is 26.3 Å². The molecule has 0 aromatic heterocycles. The fraction of sp³-hybridized carbons (Fsp3) is 0.261. The van der Waals surface area contributed by atoms with Gasteiger partial charge >= 0.3 is 0 Å². The maximum atomic E-state index is 12.5. The van der Waals surface area contributed by atoms with Gasteiger partial charge in [0, 0.05) is 31.7 Å². The third-order valence-corrected chi connectivity index (χ3v) is 5.00. The Balaban J connectivity index is 1.34. The Bertz CT molecular complexity index is 915. The van der Waals surface area contributed by atoms with E-state index in [1.165, 1.54) is 5.56 Å². The normalized spacial score (nSPS) is 15.0. The number of rotatable bonds is 5. The van der Waals surface area contributed by atoms with E-state index in [4.69, 9.17) is 4.74 Å². The first-order valence-electron chi connectivity index (χ1n) is 9.43. The number of nitrogens with zero attached hydrogens (tertiary/aromatic N) is 1. The van der Waals surface area contributed by atoms with Crippen LogP contribution in [-0.4, -0.2) is 37.1 Å². The second kappa shape index (κ2) is 8.33. The van der Waals surface area contributed by atoms with Crippen LogP contribution >= 0.6 is 0 Å². The molecule has 1 aliphatic rings. The van der Waals surface area contributed by atoms with E-state index in [-0.39, 0.29) is 5.91 Å². The molecule has 1 fully saturated rings. The van der Waals surface area contributed by atoms with Crippen LogP contribution in [0.5, 0.6) is 0 Å². The third kappa shape index (κ3) is 4.54. The maximum Gasteiger partial charge on any atom is 0.251 e. The molecule has 138 valence electrons. The summed E-state index contributed by atoms with van der Waals surface area (Å²) in [5.41, 5.74) is 3.09. The van der Waals surface area contributed by atoms with E-state index in [1.807, 2.05) is 36.4 Å². The van der Waals surface area contributed by atoms with Gasteiger partial charge in [-0.3, -0.25) is 9.69 Å². The molecule has 1 saturated heterocycles. The van der Waals surface area contributed by atoms with Crippen molar-refractivity contribution >= 4 is 16.7 Å². The highest BCUT2D eigenvalue weighted by atomic mass is 16.5. The number of amides is 1. The van der Waals surface area contributed by atoms with Crippen molar-refractivity contribution in [3.8, 4) is 0 Å². The van der Waals surface area contributed by atoms with Crippen LogP contribution in [-0.2, 0) is 17.8 Å². The zero-order valence-corrected chi connectivity index (χ0v) is 15.4. The first-order valence-corrected chi connectivity index (χ1v) is 9.43. The average molecular weight is 360 g/mol. The molecule has 1 amide bonds. The lowest BCUT2D eigenvalue weighted by Gasteiger charge is -2.26. The summed E-state index contributed by atoms with van der Waals surface area (Å²) in [6, 6.07) is 22.4. The molecule has 0 saturated carbocycles. The van der Waals surface area contributed by atoms with E-state index in [9.17, 15) is 4.79 Å². The topological polar surface area (TPSA) is 41.6 Å². The average Bonchev–Trinajstić information content (AvgIpc) is 2.73. The maximum absolute atomic E-state index is 12.5. The molecule has 0 radical (unpaired) electrons. The van der Waals surface area contributed by atoms with Gasteiger partial charge in [-0.15, -0.1) is 0 Å². The van der Waals surface area contributed by atoms with E-state index in [0.717, 1.165) is 49.2 Å². The van der Waals surface area contributed by atoms with E-state index in [2.05, 4.69) is 40.5 Å². The van der Waals surface area contributed by atoms with Gasteiger partial charge in [-0.25, -0.2) is 0 Å². The molecule has 0 unspecified atom stereocenters. The van der Waals surface area contributed by atoms with Crippen LogP contribution in [0.1, 0.15) is 21.5 Å². The standard InChI is InChI=1S/C23H24N2O2/c26-23(22-10-9-20-3-1-2-4-21(20)15-22)24-16-18-5-7-19(8-6-18)17-25-11-13-27-14-12-25/h1-10,15H,11-14,16-17H2,(H,24,26). The minimum Gasteiger partial charge on any atom is -0.379 e. The number of fused-ring (bicyclic) bond motifs is 1. The Kier molecular flexibility index (Phi) is 5.47. The van der Waals surface area contributed by atoms with Crippen molar-refractivity contribution in [2.24, 2.45) is 0 Å². The second-order valence-corrected chi connectivity index (χ2v) is 6.95. The molecular formula is C23H24N2O2. The van der Waals surface area contributed by atoms with Gasteiger partial charge in [0.25, 0.3) is 5.91 Å². The van der Waals surface area contributed by atoms with Gasteiger partial charge in [-0.2, -0.15) is 0 Å². The molecule has 27 heavy (non-hydrogen) atoms. The Morgan fingerprint density at radius 3 is 2.37 bits per heavy atom. The molecular weight excluding hydrogens is 336 g/mol. The smallest absolute Gasteiger partial charge is 0.251 e. The molecule has 0 atom stereocenters. The van der Waals surface area contributed by atoms with Gasteiger partial charge < -0.3 is 10.1 Å². The summed E-state index contributed by atoms with van der Waals surface area (Å²) >= 11 is 0. The van der Waals surface area contributed by atoms with Crippen LogP contribution in [0, 0.1) is 0 Å². The number of hydrogen-bond donors (Lipinski definition) is 1. The molecule has 0 bridgehead atoms. The highest BCUT2D eigenvalue weighted by Gasteiger charge is 2.11. The van der Waals surface area contributed by atoms with Crippen LogP contribution in [0.4, 0.5) is 0 Å². The molecule has 1 N–H and O–H groups in total. The summed E-state index contributed by atoms with van der Waals surface area (Å²) in [4.78, 5) is 14.9. The molecule has 0 spiro atoms. The summed E-state index contributed by atoms with van der Waals surface area (Å²) in [6.07, 6.45) is 0. The highest BCUT2D eigenvalue weighted by Crippen LogP contribution is 2.16. The van der Waals surface area contributed by atoms with Gasteiger partial charge in [0.2, 0.25) is 0 Å². The summed E-state index contributed by atoms with van der Waals surface area (Å²) in [7, 11) is 0. The Morgan fingerprint density at radius 2 is 1.59 bits per heavy atom. The van der Waals surface area contributed by atoms with Crippen LogP contribution in [0.3, 0.4) is 0 Å². The summed E-state index contributed by atoms with van der Waals surface area (Å²) in [5.74, 6) is -0.0434. The lowest BCUT2D eigenvalue weighted by Crippen LogP contribution is -2.35. The zero-order valence-electron chi connectivity index (χ0n) is 15.4. The quantitative estimate of drug-likeness (QED) is 0.756. The predicted molar refractivity (Wildman–Crippen MR) is 108 cm³/mol. The summed E-state index contributed by atoms with van der Waals surface area (Å²) in [6.45, 7) is 5.10. The minimum atomic E-state index is -0.0434. The lowest BCUT2D eigenvalue weighted by atomic mass is 10.1. The first-order chi connectivity index (χ1) is 13.3. The van der Waals surface area contributed by atoms with Crippen LogP contribution < -0.4 is 5.32 Å². The molecule has 1 heterocycles. The van der Waals surface area contributed by atoms with Crippen molar-refractivity contribution in [2.45, 2.75) is 13.1 Å². The number of hydrogen-bond acceptors (Lipinski definition) is 3. The van der Waals surface area contributed by atoms with Gasteiger partial charge in [0.15, 0.2) is 0 Å². The number of ether oxygens (including phenoxy) is 1. The van der Waals surface area contributed by atoms with Gasteiger partial charge in [0.05, 0.1) is 13.2 Å². The predicted octanol–water partition coefficient (Wildman–Crippen LogP) is 3.60. The molecule has 0 aliphatic carbocycles. The Labute approximate surface area is 159 Å². The largest absolute Gasteiger partial charge is 0.379 e. The number of nitrogens with one attached hydrogen (secondary N) is 1. The second-order valence-electron chi connectivity index (χ2n) is 6.95. The highest BCUT2D eigenvalue weighted by molar-refractivity contribution is 5.98. The van der Waals surface area contributed by atoms with Crippen molar-refractivity contribution in [3.05, 3.63) is 83.4 Å². The summed E-state index contributed by atoms with van der Waals surface area (Å²) in [5, 5.41) is 5.24. The molecule has 1 aliphatic heterocycles. The van der Waals surface area contributed by atoms with Crippen LogP contribution in [0.2, 0.25) is 0 Å². The van der Waals surface area contributed by atoms with E-state index in [0.29, 0.717) is 12.1 Å². The molecule has 4 rings (SSSR count). The number of benzene rings is 3. The third-order valence-electron chi connectivity index (χ3n) is 5.00. The van der Waals surface area contributed by atoms with E-state index >= 15 is 0 Å². The van der Waals surface area contributed by atoms with Gasteiger partial charge in [-0.05, 0) is 34.0 Å². The minimum absolute atomic E-state index is 0.0434. The summed E-state index contributed by atoms with van der Waals surface area (Å²) < 4.78 is 5.39. The van der Waals surface area contributed by atoms with Crippen LogP contribution in [0.15, 0.2) is 66.7 Å². The van der Waals surface area contributed by atoms with Crippen molar-refractivity contribution in [1.82, 2.24) is 10.2 Å². The SMILES string of the molecule is O=C(NCc1ccc(CN2CCOCC2)cc1)c1ccc2ccccc2c1. The molecule has 4 nitrogen and oxygen atoms in total. The number of carbonyl (C=O) groups is 1. The van der Waals surface area contributed by atoms with Gasteiger partial charge in [-0.1, -0.05) is 54.6 Å². The van der Waals surface area contributed by atoms with Gasteiger partial charge in [0.1, 0.15) is 0 Å². The first kappa shape index (κ1) is 17.7. The molecule has 3 aromatic rings. The van der Waals surface area contributed by atoms with Crippen molar-refractivity contribution < 1.29 is 9.53 Å². The Morgan fingerprint density at radius 1 is 0.889 bits per heavy atom. The van der Waals surface area contributed by atoms with Crippen LogP contribution in [0.25, 0.3) is 10.8 Å². The fourth-order valence-corrected chi connectivity index (χ4v) is 3.39. The Hall–Kier alpha value is -2.69. The molecule has 4 heteroatoms. The zero-order chi connectivity index (χ0) is 18.5.